The second kappa shape index (κ2) is 6.06. The maximum atomic E-state index is 11.5. The van der Waals surface area contributed by atoms with E-state index in [2.05, 4.69) is 16.5 Å². The van der Waals surface area contributed by atoms with Gasteiger partial charge in [0.2, 0.25) is 0 Å². The maximum absolute atomic E-state index is 11.5. The van der Waals surface area contributed by atoms with E-state index >= 15 is 0 Å². The largest absolute Gasteiger partial charge is 0.480 e. The Morgan fingerprint density at radius 3 is 2.95 bits per heavy atom. The fourth-order valence-electron chi connectivity index (χ4n) is 3.20. The van der Waals surface area contributed by atoms with Gasteiger partial charge in [-0.25, -0.2) is 4.98 Å². The fourth-order valence-corrected chi connectivity index (χ4v) is 3.20. The van der Waals surface area contributed by atoms with Crippen LogP contribution in [-0.2, 0) is 22.6 Å². The van der Waals surface area contributed by atoms with Gasteiger partial charge in [0.05, 0.1) is 30.3 Å². The van der Waals surface area contributed by atoms with E-state index in [-0.39, 0.29) is 6.10 Å². The minimum absolute atomic E-state index is 0.314. The summed E-state index contributed by atoms with van der Waals surface area (Å²) < 4.78 is 7.63. The lowest BCUT2D eigenvalue weighted by Gasteiger charge is -2.36. The fraction of sp³-hybridized carbons (Fsp3) is 0.500. The highest BCUT2D eigenvalue weighted by Crippen LogP contribution is 2.21. The maximum Gasteiger partial charge on any atom is 0.323 e. The summed E-state index contributed by atoms with van der Waals surface area (Å²) in [5, 5.41) is 9.47. The molecule has 0 spiro atoms. The number of nitrogens with zero attached hydrogens (tertiary/aromatic N) is 3. The van der Waals surface area contributed by atoms with Crippen molar-refractivity contribution in [3.63, 3.8) is 0 Å². The number of morpholine rings is 1. The van der Waals surface area contributed by atoms with Crippen molar-refractivity contribution in [2.24, 2.45) is 0 Å². The average molecular weight is 303 g/mol. The summed E-state index contributed by atoms with van der Waals surface area (Å²) in [5.41, 5.74) is 2.04. The molecule has 1 aliphatic heterocycles. The lowest BCUT2D eigenvalue weighted by atomic mass is 10.1. The number of carboxylic acids is 1. The van der Waals surface area contributed by atoms with Gasteiger partial charge in [0.15, 0.2) is 0 Å². The molecule has 2 atom stereocenters. The second-order valence-corrected chi connectivity index (χ2v) is 5.59. The predicted molar refractivity (Wildman–Crippen MR) is 82.7 cm³/mol. The summed E-state index contributed by atoms with van der Waals surface area (Å²) in [6, 6.07) is 7.37. The molecule has 22 heavy (non-hydrogen) atoms. The normalized spacial score (nSPS) is 23.0. The number of aliphatic carboxylic acids is 1. The lowest BCUT2D eigenvalue weighted by Crippen LogP contribution is -2.54. The standard InChI is InChI=1S/C16H21N3O3/c1-3-19-13-7-5-4-6-12(13)17-14(19)10-18-8-9-22-11(2)15(18)16(20)21/h4-7,11,15H,3,8-10H2,1-2H3,(H,20,21)/t11-,15+/m1/s1. The Bertz CT molecular complexity index is 682. The number of aromatic nitrogens is 2. The zero-order valence-corrected chi connectivity index (χ0v) is 12.9. The minimum atomic E-state index is -0.841. The van der Waals surface area contributed by atoms with Crippen LogP contribution in [-0.4, -0.2) is 50.8 Å². The molecule has 2 heterocycles. The highest BCUT2D eigenvalue weighted by atomic mass is 16.5. The van der Waals surface area contributed by atoms with Crippen molar-refractivity contribution < 1.29 is 14.6 Å². The molecule has 1 saturated heterocycles. The predicted octanol–water partition coefficient (Wildman–Crippen LogP) is 1.73. The summed E-state index contributed by atoms with van der Waals surface area (Å²) in [6.45, 7) is 6.38. The Labute approximate surface area is 129 Å². The molecule has 0 amide bonds. The van der Waals surface area contributed by atoms with Crippen LogP contribution in [0.4, 0.5) is 0 Å². The van der Waals surface area contributed by atoms with E-state index in [0.29, 0.717) is 19.7 Å². The van der Waals surface area contributed by atoms with Crippen LogP contribution in [0.15, 0.2) is 24.3 Å². The molecule has 1 aromatic heterocycles. The number of rotatable bonds is 4. The second-order valence-electron chi connectivity index (χ2n) is 5.59. The molecule has 0 saturated carbocycles. The smallest absolute Gasteiger partial charge is 0.323 e. The van der Waals surface area contributed by atoms with Gasteiger partial charge in [0, 0.05) is 13.1 Å². The van der Waals surface area contributed by atoms with Crippen LogP contribution in [0.1, 0.15) is 19.7 Å². The molecule has 1 aromatic carbocycles. The van der Waals surface area contributed by atoms with Gasteiger partial charge in [0.25, 0.3) is 0 Å². The van der Waals surface area contributed by atoms with Crippen LogP contribution in [0.2, 0.25) is 0 Å². The number of imidazole rings is 1. The van der Waals surface area contributed by atoms with Gasteiger partial charge in [-0.05, 0) is 26.0 Å². The van der Waals surface area contributed by atoms with Crippen LogP contribution in [0.3, 0.4) is 0 Å². The number of hydrogen-bond donors (Lipinski definition) is 1. The van der Waals surface area contributed by atoms with E-state index in [1.54, 1.807) is 0 Å². The minimum Gasteiger partial charge on any atom is -0.480 e. The first-order valence-corrected chi connectivity index (χ1v) is 7.64. The van der Waals surface area contributed by atoms with E-state index in [0.717, 1.165) is 23.4 Å². The number of fused-ring (bicyclic) bond motifs is 1. The highest BCUT2D eigenvalue weighted by Gasteiger charge is 2.35. The van der Waals surface area contributed by atoms with E-state index in [9.17, 15) is 9.90 Å². The molecular formula is C16H21N3O3. The molecule has 6 heteroatoms. The van der Waals surface area contributed by atoms with Crippen molar-refractivity contribution in [3.05, 3.63) is 30.1 Å². The zero-order valence-electron chi connectivity index (χ0n) is 12.9. The topological polar surface area (TPSA) is 67.6 Å². The Balaban J connectivity index is 1.93. The SMILES string of the molecule is CCn1c(CN2CCO[C@H](C)[C@H]2C(=O)O)nc2ccccc21. The van der Waals surface area contributed by atoms with E-state index in [4.69, 9.17) is 4.74 Å². The molecule has 0 unspecified atom stereocenters. The molecule has 0 aliphatic carbocycles. The van der Waals surface area contributed by atoms with Gasteiger partial charge in [0.1, 0.15) is 11.9 Å². The molecule has 0 bridgehead atoms. The molecule has 1 fully saturated rings. The summed E-state index contributed by atoms with van der Waals surface area (Å²) in [7, 11) is 0. The van der Waals surface area contributed by atoms with Crippen LogP contribution in [0.25, 0.3) is 11.0 Å². The third-order valence-corrected chi connectivity index (χ3v) is 4.24. The summed E-state index contributed by atoms with van der Waals surface area (Å²) in [5.74, 6) is 0.0652. The first-order valence-electron chi connectivity index (χ1n) is 7.64. The third-order valence-electron chi connectivity index (χ3n) is 4.24. The van der Waals surface area contributed by atoms with Crippen LogP contribution >= 0.6 is 0 Å². The van der Waals surface area contributed by atoms with Gasteiger partial charge < -0.3 is 14.4 Å². The monoisotopic (exact) mass is 303 g/mol. The van der Waals surface area contributed by atoms with E-state index in [1.807, 2.05) is 36.1 Å². The van der Waals surface area contributed by atoms with Gasteiger partial charge in [-0.1, -0.05) is 12.1 Å². The van der Waals surface area contributed by atoms with Crippen molar-refractivity contribution in [1.82, 2.24) is 14.5 Å². The summed E-state index contributed by atoms with van der Waals surface area (Å²) >= 11 is 0. The molecule has 6 nitrogen and oxygen atoms in total. The number of carbonyl (C=O) groups is 1. The first-order chi connectivity index (χ1) is 10.6. The Morgan fingerprint density at radius 1 is 1.45 bits per heavy atom. The Hall–Kier alpha value is -1.92. The average Bonchev–Trinajstić information content (AvgIpc) is 2.83. The van der Waals surface area contributed by atoms with Gasteiger partial charge >= 0.3 is 5.97 Å². The highest BCUT2D eigenvalue weighted by molar-refractivity contribution is 5.76. The number of ether oxygens (including phenoxy) is 1. The van der Waals surface area contributed by atoms with Crippen molar-refractivity contribution in [3.8, 4) is 0 Å². The molecule has 118 valence electrons. The first kappa shape index (κ1) is 15.0. The number of aryl methyl sites for hydroxylation is 1. The number of benzene rings is 1. The molecule has 3 rings (SSSR count). The molecule has 0 radical (unpaired) electrons. The van der Waals surface area contributed by atoms with Crippen molar-refractivity contribution >= 4 is 17.0 Å². The van der Waals surface area contributed by atoms with Crippen LogP contribution < -0.4 is 0 Å². The number of carboxylic acid groups (broad SMARTS) is 1. The molecule has 1 N–H and O–H groups in total. The number of hydrogen-bond acceptors (Lipinski definition) is 4. The van der Waals surface area contributed by atoms with Gasteiger partial charge in [-0.15, -0.1) is 0 Å². The van der Waals surface area contributed by atoms with Crippen molar-refractivity contribution in [2.75, 3.05) is 13.2 Å². The van der Waals surface area contributed by atoms with E-state index in [1.165, 1.54) is 0 Å². The molecule has 1 aliphatic rings. The van der Waals surface area contributed by atoms with Crippen LogP contribution in [0.5, 0.6) is 0 Å². The molecule has 2 aromatic rings. The van der Waals surface area contributed by atoms with Gasteiger partial charge in [-0.2, -0.15) is 0 Å². The zero-order chi connectivity index (χ0) is 15.7. The lowest BCUT2D eigenvalue weighted by molar-refractivity contribution is -0.156. The quantitative estimate of drug-likeness (QED) is 0.931. The third kappa shape index (κ3) is 2.60. The van der Waals surface area contributed by atoms with Crippen LogP contribution in [0, 0.1) is 0 Å². The Morgan fingerprint density at radius 2 is 2.23 bits per heavy atom. The molecular weight excluding hydrogens is 282 g/mol. The van der Waals surface area contributed by atoms with Crippen molar-refractivity contribution in [2.45, 2.75) is 39.1 Å². The summed E-state index contributed by atoms with van der Waals surface area (Å²) in [4.78, 5) is 18.2. The van der Waals surface area contributed by atoms with Crippen molar-refractivity contribution in [1.29, 1.82) is 0 Å². The number of para-hydroxylation sites is 2. The van der Waals surface area contributed by atoms with E-state index < -0.39 is 12.0 Å². The Kier molecular flexibility index (Phi) is 4.13. The summed E-state index contributed by atoms with van der Waals surface area (Å²) in [6.07, 6.45) is -0.314. The van der Waals surface area contributed by atoms with Gasteiger partial charge in [-0.3, -0.25) is 9.69 Å².